The molecule has 86 valence electrons. The van der Waals surface area contributed by atoms with E-state index in [0.29, 0.717) is 17.0 Å². The lowest BCUT2D eigenvalue weighted by atomic mass is 10.1. The first-order valence-electron chi connectivity index (χ1n) is 5.26. The number of carbonyl (C=O) groups excluding carboxylic acids is 1. The molecule has 2 rings (SSSR count). The Kier molecular flexibility index (Phi) is 3.51. The van der Waals surface area contributed by atoms with Crippen molar-refractivity contribution in [1.29, 1.82) is 0 Å². The Labute approximate surface area is 99.6 Å². The molecule has 16 heavy (non-hydrogen) atoms. The molecule has 1 aliphatic heterocycles. The molecule has 1 aromatic carbocycles. The summed E-state index contributed by atoms with van der Waals surface area (Å²) in [7, 11) is 1.40. The quantitative estimate of drug-likeness (QED) is 0.800. The van der Waals surface area contributed by atoms with E-state index in [2.05, 4.69) is 17.0 Å². The number of esters is 1. The molecule has 1 saturated heterocycles. The Morgan fingerprint density at radius 1 is 1.44 bits per heavy atom. The SMILES string of the molecule is COC(=O)c1ccc(C2NC(C)CS2)cc1. The number of methoxy groups -OCH3 is 1. The van der Waals surface area contributed by atoms with Crippen LogP contribution in [0.2, 0.25) is 0 Å². The zero-order valence-electron chi connectivity index (χ0n) is 9.40. The second kappa shape index (κ2) is 4.89. The molecule has 1 N–H and O–H groups in total. The van der Waals surface area contributed by atoms with Crippen molar-refractivity contribution in [2.75, 3.05) is 12.9 Å². The van der Waals surface area contributed by atoms with Gasteiger partial charge in [0.25, 0.3) is 0 Å². The highest BCUT2D eigenvalue weighted by Crippen LogP contribution is 2.32. The largest absolute Gasteiger partial charge is 0.465 e. The average molecular weight is 237 g/mol. The van der Waals surface area contributed by atoms with Crippen molar-refractivity contribution in [2.24, 2.45) is 0 Å². The standard InChI is InChI=1S/C12H15NO2S/c1-8-7-16-11(13-8)9-3-5-10(6-4-9)12(14)15-2/h3-6,8,11,13H,7H2,1-2H3. The predicted molar refractivity (Wildman–Crippen MR) is 65.6 cm³/mol. The van der Waals surface area contributed by atoms with Gasteiger partial charge < -0.3 is 4.74 Å². The van der Waals surface area contributed by atoms with Crippen molar-refractivity contribution in [1.82, 2.24) is 5.32 Å². The van der Waals surface area contributed by atoms with Gasteiger partial charge in [0.05, 0.1) is 18.0 Å². The lowest BCUT2D eigenvalue weighted by molar-refractivity contribution is 0.0600. The second-order valence-electron chi connectivity index (χ2n) is 3.89. The van der Waals surface area contributed by atoms with Gasteiger partial charge in [-0.05, 0) is 24.6 Å². The Balaban J connectivity index is 2.10. The summed E-state index contributed by atoms with van der Waals surface area (Å²) in [5, 5.41) is 3.83. The molecule has 2 unspecified atom stereocenters. The van der Waals surface area contributed by atoms with Crippen molar-refractivity contribution in [3.05, 3.63) is 35.4 Å². The minimum absolute atomic E-state index is 0.285. The van der Waals surface area contributed by atoms with Crippen LogP contribution in [0.5, 0.6) is 0 Å². The molecular weight excluding hydrogens is 222 g/mol. The Morgan fingerprint density at radius 2 is 2.12 bits per heavy atom. The number of hydrogen-bond donors (Lipinski definition) is 1. The Morgan fingerprint density at radius 3 is 2.62 bits per heavy atom. The van der Waals surface area contributed by atoms with Crippen LogP contribution >= 0.6 is 11.8 Å². The van der Waals surface area contributed by atoms with Crippen molar-refractivity contribution in [2.45, 2.75) is 18.3 Å². The summed E-state index contributed by atoms with van der Waals surface area (Å²) in [4.78, 5) is 11.3. The minimum Gasteiger partial charge on any atom is -0.465 e. The molecule has 0 aliphatic carbocycles. The van der Waals surface area contributed by atoms with Crippen molar-refractivity contribution in [3.63, 3.8) is 0 Å². The molecule has 4 heteroatoms. The van der Waals surface area contributed by atoms with Gasteiger partial charge in [0.15, 0.2) is 0 Å². The number of thioether (sulfide) groups is 1. The van der Waals surface area contributed by atoms with Crippen molar-refractivity contribution < 1.29 is 9.53 Å². The van der Waals surface area contributed by atoms with Crippen LogP contribution in [0.3, 0.4) is 0 Å². The van der Waals surface area contributed by atoms with E-state index in [1.54, 1.807) is 0 Å². The monoisotopic (exact) mass is 237 g/mol. The lowest BCUT2D eigenvalue weighted by Crippen LogP contribution is -2.21. The molecule has 1 aliphatic rings. The molecule has 1 aromatic rings. The normalized spacial score (nSPS) is 24.4. The molecule has 1 fully saturated rings. The van der Waals surface area contributed by atoms with Gasteiger partial charge in [0.2, 0.25) is 0 Å². The first-order chi connectivity index (χ1) is 7.70. The van der Waals surface area contributed by atoms with Crippen molar-refractivity contribution in [3.8, 4) is 0 Å². The third kappa shape index (κ3) is 2.39. The van der Waals surface area contributed by atoms with E-state index in [1.165, 1.54) is 12.7 Å². The summed E-state index contributed by atoms with van der Waals surface area (Å²) >= 11 is 1.90. The summed E-state index contributed by atoms with van der Waals surface area (Å²) in [5.74, 6) is 0.843. The molecule has 0 amide bonds. The summed E-state index contributed by atoms with van der Waals surface area (Å²) in [6.45, 7) is 2.18. The number of rotatable bonds is 2. The molecule has 0 aromatic heterocycles. The molecule has 3 nitrogen and oxygen atoms in total. The predicted octanol–water partition coefficient (Wildman–Crippen LogP) is 2.20. The Hall–Kier alpha value is -1.00. The van der Waals surface area contributed by atoms with E-state index in [-0.39, 0.29) is 5.97 Å². The van der Waals surface area contributed by atoms with Gasteiger partial charge in [0.1, 0.15) is 0 Å². The fourth-order valence-electron chi connectivity index (χ4n) is 1.70. The highest BCUT2D eigenvalue weighted by atomic mass is 32.2. The van der Waals surface area contributed by atoms with Gasteiger partial charge in [-0.15, -0.1) is 11.8 Å². The first kappa shape index (κ1) is 11.5. The van der Waals surface area contributed by atoms with Crippen LogP contribution < -0.4 is 5.32 Å². The molecule has 0 saturated carbocycles. The van der Waals surface area contributed by atoms with Crippen LogP contribution in [-0.4, -0.2) is 24.9 Å². The number of nitrogens with one attached hydrogen (secondary N) is 1. The number of benzene rings is 1. The minimum atomic E-state index is -0.285. The smallest absolute Gasteiger partial charge is 0.337 e. The van der Waals surface area contributed by atoms with Crippen molar-refractivity contribution >= 4 is 17.7 Å². The van der Waals surface area contributed by atoms with Crippen LogP contribution in [0.4, 0.5) is 0 Å². The number of hydrogen-bond acceptors (Lipinski definition) is 4. The molecule has 1 heterocycles. The maximum Gasteiger partial charge on any atom is 0.337 e. The number of ether oxygens (including phenoxy) is 1. The van der Waals surface area contributed by atoms with Gasteiger partial charge >= 0.3 is 5.97 Å². The van der Waals surface area contributed by atoms with E-state index >= 15 is 0 Å². The van der Waals surface area contributed by atoms with Crippen LogP contribution in [0.1, 0.15) is 28.2 Å². The highest BCUT2D eigenvalue weighted by molar-refractivity contribution is 7.99. The fraction of sp³-hybridized carbons (Fsp3) is 0.417. The molecule has 0 radical (unpaired) electrons. The van der Waals surface area contributed by atoms with Crippen LogP contribution in [-0.2, 0) is 4.74 Å². The second-order valence-corrected chi connectivity index (χ2v) is 5.03. The van der Waals surface area contributed by atoms with Gasteiger partial charge in [-0.3, -0.25) is 5.32 Å². The molecule has 0 spiro atoms. The summed E-state index contributed by atoms with van der Waals surface area (Å²) in [5.41, 5.74) is 1.81. The zero-order valence-corrected chi connectivity index (χ0v) is 10.2. The zero-order chi connectivity index (χ0) is 11.5. The fourth-order valence-corrected chi connectivity index (χ4v) is 2.95. The van der Waals surface area contributed by atoms with Crippen LogP contribution in [0.15, 0.2) is 24.3 Å². The van der Waals surface area contributed by atoms with Gasteiger partial charge in [0, 0.05) is 11.8 Å². The first-order valence-corrected chi connectivity index (χ1v) is 6.31. The maximum absolute atomic E-state index is 11.3. The summed E-state index contributed by atoms with van der Waals surface area (Å²) < 4.78 is 4.66. The van der Waals surface area contributed by atoms with E-state index in [1.807, 2.05) is 36.0 Å². The van der Waals surface area contributed by atoms with Crippen LogP contribution in [0.25, 0.3) is 0 Å². The maximum atomic E-state index is 11.3. The molecule has 2 atom stereocenters. The molecular formula is C12H15NO2S. The highest BCUT2D eigenvalue weighted by Gasteiger charge is 2.22. The van der Waals surface area contributed by atoms with E-state index < -0.39 is 0 Å². The average Bonchev–Trinajstić information content (AvgIpc) is 2.75. The lowest BCUT2D eigenvalue weighted by Gasteiger charge is -2.11. The van der Waals surface area contributed by atoms with E-state index in [0.717, 1.165) is 5.75 Å². The van der Waals surface area contributed by atoms with Gasteiger partial charge in [-0.25, -0.2) is 4.79 Å². The Bertz CT molecular complexity index is 377. The number of carbonyl (C=O) groups is 1. The van der Waals surface area contributed by atoms with Crippen LogP contribution in [0, 0.1) is 0 Å². The third-order valence-corrected chi connectivity index (χ3v) is 4.02. The van der Waals surface area contributed by atoms with Gasteiger partial charge in [-0.2, -0.15) is 0 Å². The summed E-state index contributed by atoms with van der Waals surface area (Å²) in [6, 6.07) is 8.14. The summed E-state index contributed by atoms with van der Waals surface area (Å²) in [6.07, 6.45) is 0. The van der Waals surface area contributed by atoms with Gasteiger partial charge in [-0.1, -0.05) is 12.1 Å². The topological polar surface area (TPSA) is 38.3 Å². The van der Waals surface area contributed by atoms with E-state index in [4.69, 9.17) is 0 Å². The molecule has 0 bridgehead atoms. The third-order valence-electron chi connectivity index (χ3n) is 2.58. The van der Waals surface area contributed by atoms with E-state index in [9.17, 15) is 4.79 Å².